The number of nitrogens with zero attached hydrogens (tertiary/aromatic N) is 1. The Hall–Kier alpha value is -4.36. The molecule has 0 radical (unpaired) electrons. The number of methoxy groups -OCH3 is 1. The third-order valence-corrected chi connectivity index (χ3v) is 8.30. The van der Waals surface area contributed by atoms with Gasteiger partial charge >= 0.3 is 11.9 Å². The number of carbonyl (C=O) groups excluding carboxylic acids is 4. The molecular weight excluding hydrogens is 506 g/mol. The second-order valence-electron chi connectivity index (χ2n) is 10.3. The molecule has 4 atom stereocenters. The highest BCUT2D eigenvalue weighted by molar-refractivity contribution is 6.20. The van der Waals surface area contributed by atoms with E-state index in [2.05, 4.69) is 0 Å². The van der Waals surface area contributed by atoms with Crippen LogP contribution in [-0.2, 0) is 19.1 Å². The fourth-order valence-corrected chi connectivity index (χ4v) is 6.39. The van der Waals surface area contributed by atoms with Crippen molar-refractivity contribution in [3.63, 3.8) is 0 Å². The van der Waals surface area contributed by atoms with Crippen molar-refractivity contribution in [3.05, 3.63) is 114 Å². The van der Waals surface area contributed by atoms with Crippen LogP contribution in [0.3, 0.4) is 0 Å². The molecule has 2 saturated heterocycles. The van der Waals surface area contributed by atoms with Gasteiger partial charge in [-0.1, -0.05) is 84.9 Å². The molecule has 0 spiro atoms. The summed E-state index contributed by atoms with van der Waals surface area (Å²) >= 11 is 0. The second-order valence-corrected chi connectivity index (χ2v) is 10.3. The number of piperidine rings is 1. The third kappa shape index (κ3) is 4.36. The Morgan fingerprint density at radius 2 is 1.40 bits per heavy atom. The van der Waals surface area contributed by atoms with Crippen molar-refractivity contribution in [2.24, 2.45) is 5.41 Å². The van der Waals surface area contributed by atoms with Gasteiger partial charge in [-0.25, -0.2) is 4.79 Å². The number of hydrogen-bond donors (Lipinski definition) is 0. The summed E-state index contributed by atoms with van der Waals surface area (Å²) < 4.78 is 11.6. The zero-order valence-corrected chi connectivity index (χ0v) is 22.5. The van der Waals surface area contributed by atoms with E-state index in [9.17, 15) is 19.2 Å². The van der Waals surface area contributed by atoms with E-state index in [0.29, 0.717) is 12.8 Å². The van der Waals surface area contributed by atoms with E-state index in [-0.39, 0.29) is 23.6 Å². The Bertz CT molecular complexity index is 1440. The van der Waals surface area contributed by atoms with Crippen molar-refractivity contribution in [1.82, 2.24) is 4.90 Å². The maximum absolute atomic E-state index is 14.6. The van der Waals surface area contributed by atoms with Crippen molar-refractivity contribution in [2.45, 2.75) is 36.9 Å². The molecule has 0 unspecified atom stereocenters. The average molecular weight is 538 g/mol. The minimum atomic E-state index is -2.15. The molecule has 2 fully saturated rings. The lowest BCUT2D eigenvalue weighted by Crippen LogP contribution is -2.74. The van der Waals surface area contributed by atoms with Crippen LogP contribution in [0.25, 0.3) is 6.08 Å². The molecular formula is C33H31NO6. The Kier molecular flexibility index (Phi) is 7.50. The van der Waals surface area contributed by atoms with Gasteiger partial charge in [0.1, 0.15) is 0 Å². The molecule has 2 bridgehead atoms. The third-order valence-electron chi connectivity index (χ3n) is 8.30. The number of carbonyl (C=O) groups is 4. The van der Waals surface area contributed by atoms with Crippen LogP contribution in [0.2, 0.25) is 0 Å². The van der Waals surface area contributed by atoms with Crippen LogP contribution in [0.5, 0.6) is 0 Å². The zero-order chi connectivity index (χ0) is 28.3. The molecule has 7 heteroatoms. The van der Waals surface area contributed by atoms with Crippen molar-refractivity contribution < 1.29 is 28.7 Å². The highest BCUT2D eigenvalue weighted by Gasteiger charge is 2.76. The Balaban J connectivity index is 1.76. The van der Waals surface area contributed by atoms with E-state index in [1.165, 1.54) is 13.2 Å². The van der Waals surface area contributed by atoms with Gasteiger partial charge in [-0.2, -0.15) is 0 Å². The Labute approximate surface area is 233 Å². The standard InChI is InChI=1S/C33H31NO6/c1-34-26-19-20-27(34)33(31(38)39-2,28(35)21-18-23-12-6-3-7-13-23)32(22-26,29(36)24-14-8-4-9-15-24)40-30(37)25-16-10-5-11-17-25/h3-18,21,26-27H,19-20,22H2,1-2H3/b21-18+/t26-,27+,32-,33-/m1/s1. The maximum atomic E-state index is 14.6. The van der Waals surface area contributed by atoms with E-state index in [1.807, 2.05) is 42.3 Å². The van der Waals surface area contributed by atoms with Gasteiger partial charge in [-0.3, -0.25) is 19.3 Å². The minimum absolute atomic E-state index is 0.0354. The SMILES string of the molecule is COC(=O)[C@]1(C(=O)/C=C/c2ccccc2)[C@@H]2CC[C@H](C[C@@]1(OC(=O)c1ccccc1)C(=O)c1ccccc1)N2C. The van der Waals surface area contributed by atoms with Gasteiger partial charge < -0.3 is 9.47 Å². The molecule has 0 aromatic heterocycles. The van der Waals surface area contributed by atoms with Gasteiger partial charge in [0, 0.05) is 24.1 Å². The fraction of sp³-hybridized carbons (Fsp3) is 0.273. The molecule has 7 nitrogen and oxygen atoms in total. The van der Waals surface area contributed by atoms with E-state index < -0.39 is 40.6 Å². The number of ketones is 2. The molecule has 3 aromatic carbocycles. The van der Waals surface area contributed by atoms with Gasteiger partial charge in [0.05, 0.1) is 12.7 Å². The summed E-state index contributed by atoms with van der Waals surface area (Å²) in [5.41, 5.74) is -3.11. The van der Waals surface area contributed by atoms with Crippen molar-refractivity contribution >= 4 is 29.6 Å². The summed E-state index contributed by atoms with van der Waals surface area (Å²) in [5, 5.41) is 0. The van der Waals surface area contributed by atoms with Crippen LogP contribution >= 0.6 is 0 Å². The topological polar surface area (TPSA) is 90.0 Å². The molecule has 40 heavy (non-hydrogen) atoms. The van der Waals surface area contributed by atoms with Crippen molar-refractivity contribution in [1.29, 1.82) is 0 Å². The molecule has 204 valence electrons. The van der Waals surface area contributed by atoms with Crippen LogP contribution in [0.15, 0.2) is 97.1 Å². The van der Waals surface area contributed by atoms with Gasteiger partial charge in [-0.15, -0.1) is 0 Å². The van der Waals surface area contributed by atoms with Gasteiger partial charge in [0.2, 0.25) is 11.4 Å². The summed E-state index contributed by atoms with van der Waals surface area (Å²) in [6.45, 7) is 0. The summed E-state index contributed by atoms with van der Waals surface area (Å²) in [6, 6.07) is 24.9. The van der Waals surface area contributed by atoms with Gasteiger partial charge in [0.15, 0.2) is 11.2 Å². The molecule has 3 aromatic rings. The van der Waals surface area contributed by atoms with Crippen LogP contribution < -0.4 is 0 Å². The monoisotopic (exact) mass is 537 g/mol. The molecule has 0 saturated carbocycles. The number of allylic oxidation sites excluding steroid dienone is 1. The largest absolute Gasteiger partial charge is 0.468 e. The summed E-state index contributed by atoms with van der Waals surface area (Å²) in [4.78, 5) is 58.9. The summed E-state index contributed by atoms with van der Waals surface area (Å²) in [6.07, 6.45) is 3.95. The summed E-state index contributed by atoms with van der Waals surface area (Å²) in [5.74, 6) is -2.95. The maximum Gasteiger partial charge on any atom is 0.339 e. The summed E-state index contributed by atoms with van der Waals surface area (Å²) in [7, 11) is 3.03. The fourth-order valence-electron chi connectivity index (χ4n) is 6.39. The molecule has 2 aliphatic rings. The number of esters is 2. The number of benzene rings is 3. The first kappa shape index (κ1) is 27.2. The molecule has 2 aliphatic heterocycles. The van der Waals surface area contributed by atoms with Crippen molar-refractivity contribution in [2.75, 3.05) is 14.2 Å². The highest BCUT2D eigenvalue weighted by Crippen LogP contribution is 2.56. The lowest BCUT2D eigenvalue weighted by atomic mass is 9.57. The molecule has 5 rings (SSSR count). The molecule has 0 aliphatic carbocycles. The smallest absolute Gasteiger partial charge is 0.339 e. The normalized spacial score (nSPS) is 25.9. The van der Waals surface area contributed by atoms with Gasteiger partial charge in [-0.05, 0) is 43.7 Å². The number of Topliss-reactive ketones (excluding diaryl/α,β-unsaturated/α-hetero) is 1. The van der Waals surface area contributed by atoms with E-state index in [1.54, 1.807) is 66.7 Å². The number of ether oxygens (including phenoxy) is 2. The minimum Gasteiger partial charge on any atom is -0.468 e. The average Bonchev–Trinajstić information content (AvgIpc) is 3.27. The Morgan fingerprint density at radius 1 is 0.825 bits per heavy atom. The number of rotatable bonds is 8. The van der Waals surface area contributed by atoms with Crippen LogP contribution in [0, 0.1) is 5.41 Å². The predicted octanol–water partition coefficient (Wildman–Crippen LogP) is 4.77. The van der Waals surface area contributed by atoms with Crippen LogP contribution in [0.4, 0.5) is 0 Å². The van der Waals surface area contributed by atoms with E-state index in [0.717, 1.165) is 5.56 Å². The predicted molar refractivity (Wildman–Crippen MR) is 149 cm³/mol. The van der Waals surface area contributed by atoms with E-state index >= 15 is 0 Å². The van der Waals surface area contributed by atoms with Crippen LogP contribution in [-0.4, -0.2) is 60.2 Å². The molecule has 0 N–H and O–H groups in total. The molecule has 2 heterocycles. The van der Waals surface area contributed by atoms with Crippen LogP contribution in [0.1, 0.15) is 45.5 Å². The highest BCUT2D eigenvalue weighted by atomic mass is 16.6. The number of hydrogen-bond acceptors (Lipinski definition) is 7. The van der Waals surface area contributed by atoms with Gasteiger partial charge in [0.25, 0.3) is 0 Å². The first-order valence-electron chi connectivity index (χ1n) is 13.3. The van der Waals surface area contributed by atoms with E-state index in [4.69, 9.17) is 9.47 Å². The lowest BCUT2D eigenvalue weighted by Gasteiger charge is -2.54. The second kappa shape index (κ2) is 11.0. The Morgan fingerprint density at radius 3 is 2.00 bits per heavy atom. The quantitative estimate of drug-likeness (QED) is 0.177. The first-order chi connectivity index (χ1) is 19.3. The number of fused-ring (bicyclic) bond motifs is 2. The zero-order valence-electron chi connectivity index (χ0n) is 22.5. The lowest BCUT2D eigenvalue weighted by molar-refractivity contribution is -0.188. The first-order valence-corrected chi connectivity index (χ1v) is 13.3. The van der Waals surface area contributed by atoms with Crippen molar-refractivity contribution in [3.8, 4) is 0 Å². The molecule has 0 amide bonds.